The van der Waals surface area contributed by atoms with E-state index in [-0.39, 0.29) is 24.1 Å². The van der Waals surface area contributed by atoms with Crippen LogP contribution in [0.1, 0.15) is 22.5 Å². The molecule has 0 unspecified atom stereocenters. The standard InChI is InChI=1S/C25H22ClN3O3S/c26-19-10-4-5-11-20(19)27-22-18-12-13-21(31)29(16-7-2-1-3-8-16)25(18)33-23(22)24(32)28-14-6-9-17(28)15-30/h1-5,7-8,10-13,17,27,30H,6,9,14-15H2/t17-/m1/s1. The monoisotopic (exact) mass is 479 g/mol. The molecule has 0 bridgehead atoms. The van der Waals surface area contributed by atoms with E-state index in [2.05, 4.69) is 5.32 Å². The maximum Gasteiger partial charge on any atom is 0.266 e. The molecular weight excluding hydrogens is 458 g/mol. The molecule has 0 aliphatic carbocycles. The van der Waals surface area contributed by atoms with Gasteiger partial charge in [-0.3, -0.25) is 14.2 Å². The molecule has 0 radical (unpaired) electrons. The van der Waals surface area contributed by atoms with Crippen LogP contribution in [0, 0.1) is 0 Å². The van der Waals surface area contributed by atoms with E-state index in [1.807, 2.05) is 48.5 Å². The Morgan fingerprint density at radius 2 is 1.85 bits per heavy atom. The minimum Gasteiger partial charge on any atom is -0.394 e. The number of thiophene rings is 1. The van der Waals surface area contributed by atoms with Crippen molar-refractivity contribution >= 4 is 50.4 Å². The maximum absolute atomic E-state index is 13.7. The zero-order chi connectivity index (χ0) is 22.9. The minimum absolute atomic E-state index is 0.0708. The lowest BCUT2D eigenvalue weighted by Gasteiger charge is -2.23. The van der Waals surface area contributed by atoms with Crippen molar-refractivity contribution in [2.75, 3.05) is 18.5 Å². The third-order valence-electron chi connectivity index (χ3n) is 5.93. The molecule has 0 spiro atoms. The van der Waals surface area contributed by atoms with Gasteiger partial charge in [0, 0.05) is 18.0 Å². The van der Waals surface area contributed by atoms with Crippen LogP contribution in [0.5, 0.6) is 0 Å². The molecular formula is C25H22ClN3O3S. The van der Waals surface area contributed by atoms with Crippen molar-refractivity contribution in [3.8, 4) is 5.69 Å². The van der Waals surface area contributed by atoms with Gasteiger partial charge in [0.15, 0.2) is 0 Å². The van der Waals surface area contributed by atoms with E-state index < -0.39 is 0 Å². The summed E-state index contributed by atoms with van der Waals surface area (Å²) in [4.78, 5) is 29.5. The van der Waals surface area contributed by atoms with Crippen molar-refractivity contribution in [1.29, 1.82) is 0 Å². The topological polar surface area (TPSA) is 74.6 Å². The van der Waals surface area contributed by atoms with Crippen LogP contribution in [0.3, 0.4) is 0 Å². The minimum atomic E-state index is -0.202. The average Bonchev–Trinajstić information content (AvgIpc) is 3.45. The number of anilines is 2. The summed E-state index contributed by atoms with van der Waals surface area (Å²) in [6.07, 6.45) is 1.62. The number of para-hydroxylation sites is 2. The highest BCUT2D eigenvalue weighted by atomic mass is 35.5. The van der Waals surface area contributed by atoms with Crippen LogP contribution in [0.4, 0.5) is 11.4 Å². The van der Waals surface area contributed by atoms with E-state index in [1.165, 1.54) is 17.4 Å². The van der Waals surface area contributed by atoms with Gasteiger partial charge in [-0.05, 0) is 43.2 Å². The van der Waals surface area contributed by atoms with E-state index in [4.69, 9.17) is 11.6 Å². The number of carbonyl (C=O) groups excluding carboxylic acids is 1. The lowest BCUT2D eigenvalue weighted by Crippen LogP contribution is -2.37. The van der Waals surface area contributed by atoms with E-state index in [9.17, 15) is 14.7 Å². The molecule has 1 atom stereocenters. The van der Waals surface area contributed by atoms with Gasteiger partial charge in [-0.2, -0.15) is 0 Å². The number of likely N-dealkylation sites (tertiary alicyclic amines) is 1. The van der Waals surface area contributed by atoms with E-state index in [0.717, 1.165) is 23.9 Å². The molecule has 5 rings (SSSR count). The highest BCUT2D eigenvalue weighted by Crippen LogP contribution is 2.40. The zero-order valence-corrected chi connectivity index (χ0v) is 19.3. The first-order valence-corrected chi connectivity index (χ1v) is 12.0. The Bertz CT molecular complexity index is 1380. The molecule has 168 valence electrons. The Balaban J connectivity index is 1.73. The smallest absolute Gasteiger partial charge is 0.266 e. The summed E-state index contributed by atoms with van der Waals surface area (Å²) in [6.45, 7) is 0.522. The molecule has 1 saturated heterocycles. The normalized spacial score (nSPS) is 15.8. The Hall–Kier alpha value is -3.13. The van der Waals surface area contributed by atoms with E-state index >= 15 is 0 Å². The number of pyridine rings is 1. The number of aliphatic hydroxyl groups excluding tert-OH is 1. The molecule has 1 fully saturated rings. The third kappa shape index (κ3) is 3.93. The average molecular weight is 480 g/mol. The number of fused-ring (bicyclic) bond motifs is 1. The number of rotatable bonds is 5. The molecule has 8 heteroatoms. The van der Waals surface area contributed by atoms with Crippen molar-refractivity contribution in [2.24, 2.45) is 0 Å². The second-order valence-corrected chi connectivity index (χ2v) is 9.36. The number of benzene rings is 2. The van der Waals surface area contributed by atoms with Gasteiger partial charge in [-0.15, -0.1) is 11.3 Å². The quantitative estimate of drug-likeness (QED) is 0.420. The summed E-state index contributed by atoms with van der Waals surface area (Å²) in [5.74, 6) is -0.158. The fourth-order valence-electron chi connectivity index (χ4n) is 4.30. The predicted octanol–water partition coefficient (Wildman–Crippen LogP) is 5.05. The van der Waals surface area contributed by atoms with Crippen molar-refractivity contribution in [2.45, 2.75) is 18.9 Å². The van der Waals surface area contributed by atoms with E-state index in [1.54, 1.807) is 21.6 Å². The molecule has 33 heavy (non-hydrogen) atoms. The van der Waals surface area contributed by atoms with Gasteiger partial charge in [0.2, 0.25) is 0 Å². The molecule has 6 nitrogen and oxygen atoms in total. The number of amides is 1. The Morgan fingerprint density at radius 1 is 1.09 bits per heavy atom. The molecule has 2 N–H and O–H groups in total. The maximum atomic E-state index is 13.7. The lowest BCUT2D eigenvalue weighted by atomic mass is 10.2. The first kappa shape index (κ1) is 21.7. The summed E-state index contributed by atoms with van der Waals surface area (Å²) in [6, 6.07) is 19.8. The van der Waals surface area contributed by atoms with Crippen molar-refractivity contribution in [3.63, 3.8) is 0 Å². The number of nitrogens with one attached hydrogen (secondary N) is 1. The zero-order valence-electron chi connectivity index (χ0n) is 17.7. The predicted molar refractivity (Wildman–Crippen MR) is 133 cm³/mol. The van der Waals surface area contributed by atoms with E-state index in [0.29, 0.717) is 32.6 Å². The fourth-order valence-corrected chi connectivity index (χ4v) is 5.71. The second kappa shape index (κ2) is 9.02. The van der Waals surface area contributed by atoms with Gasteiger partial charge < -0.3 is 15.3 Å². The first-order chi connectivity index (χ1) is 16.1. The molecule has 1 amide bonds. The first-order valence-electron chi connectivity index (χ1n) is 10.8. The number of halogens is 1. The van der Waals surface area contributed by atoms with Gasteiger partial charge in [0.05, 0.1) is 34.7 Å². The van der Waals surface area contributed by atoms with Gasteiger partial charge in [-0.1, -0.05) is 41.9 Å². The number of nitrogens with zero attached hydrogens (tertiary/aromatic N) is 2. The van der Waals surface area contributed by atoms with Crippen LogP contribution in [-0.2, 0) is 0 Å². The van der Waals surface area contributed by atoms with Gasteiger partial charge >= 0.3 is 0 Å². The Kier molecular flexibility index (Phi) is 5.93. The van der Waals surface area contributed by atoms with Gasteiger partial charge in [0.25, 0.3) is 11.5 Å². The molecule has 1 aliphatic heterocycles. The molecule has 2 aromatic carbocycles. The Labute approximate surface area is 199 Å². The van der Waals surface area contributed by atoms with Crippen LogP contribution in [0.15, 0.2) is 71.5 Å². The number of hydrogen-bond donors (Lipinski definition) is 2. The number of aromatic nitrogens is 1. The van der Waals surface area contributed by atoms with Crippen LogP contribution >= 0.6 is 22.9 Å². The highest BCUT2D eigenvalue weighted by Gasteiger charge is 2.32. The molecule has 0 saturated carbocycles. The fraction of sp³-hybridized carbons (Fsp3) is 0.200. The van der Waals surface area contributed by atoms with Crippen LogP contribution in [0.25, 0.3) is 15.9 Å². The molecule has 2 aromatic heterocycles. The summed E-state index contributed by atoms with van der Waals surface area (Å²) in [7, 11) is 0. The van der Waals surface area contributed by atoms with Crippen LogP contribution < -0.4 is 10.9 Å². The lowest BCUT2D eigenvalue weighted by molar-refractivity contribution is 0.0683. The second-order valence-electron chi connectivity index (χ2n) is 7.95. The van der Waals surface area contributed by atoms with Gasteiger partial charge in [-0.25, -0.2) is 0 Å². The summed E-state index contributed by atoms with van der Waals surface area (Å²) < 4.78 is 1.63. The van der Waals surface area contributed by atoms with Gasteiger partial charge in [0.1, 0.15) is 9.71 Å². The highest BCUT2D eigenvalue weighted by molar-refractivity contribution is 7.21. The number of aliphatic hydroxyl groups is 1. The summed E-state index contributed by atoms with van der Waals surface area (Å²) >= 11 is 7.68. The summed E-state index contributed by atoms with van der Waals surface area (Å²) in [5, 5.41) is 14.4. The van der Waals surface area contributed by atoms with Crippen molar-refractivity contribution < 1.29 is 9.90 Å². The Morgan fingerprint density at radius 3 is 2.61 bits per heavy atom. The molecule has 1 aliphatic rings. The third-order valence-corrected chi connectivity index (χ3v) is 7.44. The van der Waals surface area contributed by atoms with Crippen molar-refractivity contribution in [3.05, 3.63) is 87.0 Å². The SMILES string of the molecule is O=C(c1sc2c(ccc(=O)n2-c2ccccc2)c1Nc1ccccc1Cl)N1CCC[C@@H]1CO. The van der Waals surface area contributed by atoms with Crippen LogP contribution in [-0.4, -0.2) is 39.7 Å². The molecule has 4 aromatic rings. The van der Waals surface area contributed by atoms with Crippen LogP contribution in [0.2, 0.25) is 5.02 Å². The largest absolute Gasteiger partial charge is 0.394 e. The summed E-state index contributed by atoms with van der Waals surface area (Å²) in [5.41, 5.74) is 1.84. The number of hydrogen-bond acceptors (Lipinski definition) is 5. The van der Waals surface area contributed by atoms with Crippen molar-refractivity contribution in [1.82, 2.24) is 9.47 Å². The number of carbonyl (C=O) groups is 1. The molecule has 3 heterocycles.